The molecule has 13 heteroatoms. The minimum atomic E-state index is -4.62. The molecule has 0 fully saturated rings. The van der Waals surface area contributed by atoms with Crippen molar-refractivity contribution in [2.45, 2.75) is 18.0 Å². The van der Waals surface area contributed by atoms with Gasteiger partial charge in [-0.05, 0) is 18.2 Å². The van der Waals surface area contributed by atoms with Crippen molar-refractivity contribution < 1.29 is 21.6 Å². The predicted molar refractivity (Wildman–Crippen MR) is 104 cm³/mol. The van der Waals surface area contributed by atoms with Crippen LogP contribution >= 0.6 is 0 Å². The van der Waals surface area contributed by atoms with E-state index in [1.54, 1.807) is 13.2 Å². The van der Waals surface area contributed by atoms with Crippen molar-refractivity contribution in [2.24, 2.45) is 7.05 Å². The summed E-state index contributed by atoms with van der Waals surface area (Å²) in [7, 11) is -2.17. The standard InChI is InChI=1S/C18H15F3N6O3S/c1-3-31(29,30)14-6-11(12-9-23-25(2)10-12)8-22-16(14)27-17(28)26-5-4-13(18(19,20)21)7-15(26)24-27/h4-10H,3H2,1-2H3. The van der Waals surface area contributed by atoms with Crippen LogP contribution in [-0.4, -0.2) is 43.1 Å². The fourth-order valence-corrected chi connectivity index (χ4v) is 4.03. The Labute approximate surface area is 173 Å². The van der Waals surface area contributed by atoms with Gasteiger partial charge in [0.05, 0.1) is 17.5 Å². The van der Waals surface area contributed by atoms with Gasteiger partial charge in [-0.3, -0.25) is 4.68 Å². The summed E-state index contributed by atoms with van der Waals surface area (Å²) in [6.45, 7) is 1.43. The van der Waals surface area contributed by atoms with E-state index < -0.39 is 27.3 Å². The van der Waals surface area contributed by atoms with Gasteiger partial charge in [0.15, 0.2) is 21.3 Å². The molecule has 162 valence electrons. The monoisotopic (exact) mass is 452 g/mol. The van der Waals surface area contributed by atoms with E-state index in [-0.39, 0.29) is 22.1 Å². The molecule has 0 atom stereocenters. The van der Waals surface area contributed by atoms with Crippen LogP contribution in [0.25, 0.3) is 22.6 Å². The third-order valence-electron chi connectivity index (χ3n) is 4.64. The number of rotatable bonds is 4. The topological polar surface area (TPSA) is 104 Å². The zero-order valence-electron chi connectivity index (χ0n) is 16.2. The summed E-state index contributed by atoms with van der Waals surface area (Å²) in [6.07, 6.45) is 0.839. The molecule has 0 bridgehead atoms. The second kappa shape index (κ2) is 7.04. The van der Waals surface area contributed by atoms with E-state index in [0.717, 1.165) is 16.7 Å². The summed E-state index contributed by atoms with van der Waals surface area (Å²) in [4.78, 5) is 16.6. The molecule has 9 nitrogen and oxygen atoms in total. The van der Waals surface area contributed by atoms with Crippen molar-refractivity contribution in [1.82, 2.24) is 28.9 Å². The summed E-state index contributed by atoms with van der Waals surface area (Å²) in [5.41, 5.74) is -1.08. The lowest BCUT2D eigenvalue weighted by Crippen LogP contribution is -2.23. The van der Waals surface area contributed by atoms with Crippen LogP contribution in [0, 0.1) is 0 Å². The number of halogens is 3. The molecule has 0 aromatic carbocycles. The number of alkyl halides is 3. The number of aromatic nitrogens is 6. The molecule has 0 aliphatic heterocycles. The number of fused-ring (bicyclic) bond motifs is 1. The quantitative estimate of drug-likeness (QED) is 0.470. The molecular weight excluding hydrogens is 437 g/mol. The van der Waals surface area contributed by atoms with Gasteiger partial charge in [0.25, 0.3) is 0 Å². The number of sulfone groups is 1. The summed E-state index contributed by atoms with van der Waals surface area (Å²) >= 11 is 0. The molecule has 0 aliphatic carbocycles. The van der Waals surface area contributed by atoms with E-state index in [4.69, 9.17) is 0 Å². The molecule has 0 saturated carbocycles. The SMILES string of the molecule is CCS(=O)(=O)c1cc(-c2cnn(C)c2)cnc1-n1nc2cc(C(F)(F)F)ccn2c1=O. The Kier molecular flexibility index (Phi) is 4.72. The van der Waals surface area contributed by atoms with Gasteiger partial charge in [-0.2, -0.15) is 23.0 Å². The predicted octanol–water partition coefficient (Wildman–Crippen LogP) is 2.09. The van der Waals surface area contributed by atoms with Gasteiger partial charge in [0.1, 0.15) is 4.90 Å². The lowest BCUT2D eigenvalue weighted by Gasteiger charge is -2.09. The fraction of sp³-hybridized carbons (Fsp3) is 0.222. The highest BCUT2D eigenvalue weighted by atomic mass is 32.2. The Bertz CT molecular complexity index is 1470. The van der Waals surface area contributed by atoms with Gasteiger partial charge in [-0.25, -0.2) is 22.6 Å². The third kappa shape index (κ3) is 3.60. The summed E-state index contributed by atoms with van der Waals surface area (Å²) in [5, 5.41) is 7.93. The van der Waals surface area contributed by atoms with E-state index in [9.17, 15) is 26.4 Å². The van der Waals surface area contributed by atoms with Crippen LogP contribution < -0.4 is 5.69 Å². The lowest BCUT2D eigenvalue weighted by atomic mass is 10.2. The van der Waals surface area contributed by atoms with Crippen LogP contribution in [0.2, 0.25) is 0 Å². The largest absolute Gasteiger partial charge is 0.416 e. The molecule has 4 aromatic rings. The molecule has 0 N–H and O–H groups in total. The molecule has 4 heterocycles. The Morgan fingerprint density at radius 2 is 1.87 bits per heavy atom. The third-order valence-corrected chi connectivity index (χ3v) is 6.37. The first-order valence-electron chi connectivity index (χ1n) is 8.92. The fourth-order valence-electron chi connectivity index (χ4n) is 3.00. The number of hydrogen-bond donors (Lipinski definition) is 0. The summed E-state index contributed by atoms with van der Waals surface area (Å²) < 4.78 is 67.6. The maximum Gasteiger partial charge on any atom is 0.416 e. The van der Waals surface area contributed by atoms with Crippen LogP contribution in [-0.2, 0) is 23.1 Å². The van der Waals surface area contributed by atoms with E-state index in [1.807, 2.05) is 0 Å². The van der Waals surface area contributed by atoms with E-state index >= 15 is 0 Å². The van der Waals surface area contributed by atoms with Crippen molar-refractivity contribution >= 4 is 15.5 Å². The van der Waals surface area contributed by atoms with Gasteiger partial charge in [-0.15, -0.1) is 5.10 Å². The molecular formula is C18H15F3N6O3S. The average molecular weight is 452 g/mol. The second-order valence-electron chi connectivity index (χ2n) is 6.69. The van der Waals surface area contributed by atoms with Crippen molar-refractivity contribution in [1.29, 1.82) is 0 Å². The number of nitrogens with zero attached hydrogens (tertiary/aromatic N) is 6. The zero-order chi connectivity index (χ0) is 22.6. The van der Waals surface area contributed by atoms with Gasteiger partial charge in [0, 0.05) is 36.8 Å². The maximum atomic E-state index is 13.0. The van der Waals surface area contributed by atoms with E-state index in [0.29, 0.717) is 21.9 Å². The molecule has 0 spiro atoms. The minimum absolute atomic E-state index is 0.266. The summed E-state index contributed by atoms with van der Waals surface area (Å²) in [6, 6.07) is 2.79. The number of aryl methyl sites for hydroxylation is 1. The maximum absolute atomic E-state index is 13.0. The van der Waals surface area contributed by atoms with Gasteiger partial charge in [0.2, 0.25) is 0 Å². The smallest absolute Gasteiger partial charge is 0.275 e. The number of pyridine rings is 2. The van der Waals surface area contributed by atoms with Gasteiger partial charge in [-0.1, -0.05) is 6.92 Å². The molecule has 4 rings (SSSR count). The molecule has 0 saturated heterocycles. The van der Waals surface area contributed by atoms with Crippen LogP contribution in [0.5, 0.6) is 0 Å². The van der Waals surface area contributed by atoms with Crippen molar-refractivity contribution in [2.75, 3.05) is 5.75 Å². The normalized spacial score (nSPS) is 12.5. The molecule has 0 unspecified atom stereocenters. The highest BCUT2D eigenvalue weighted by molar-refractivity contribution is 7.91. The van der Waals surface area contributed by atoms with Gasteiger partial charge < -0.3 is 0 Å². The van der Waals surface area contributed by atoms with Gasteiger partial charge >= 0.3 is 11.9 Å². The lowest BCUT2D eigenvalue weighted by molar-refractivity contribution is -0.137. The Balaban J connectivity index is 1.96. The Hall–Kier alpha value is -3.48. The Morgan fingerprint density at radius 1 is 1.13 bits per heavy atom. The highest BCUT2D eigenvalue weighted by Gasteiger charge is 2.31. The minimum Gasteiger partial charge on any atom is -0.275 e. The van der Waals surface area contributed by atoms with E-state index in [1.165, 1.54) is 30.1 Å². The first-order chi connectivity index (χ1) is 14.5. The Morgan fingerprint density at radius 3 is 2.48 bits per heavy atom. The first-order valence-corrected chi connectivity index (χ1v) is 10.6. The second-order valence-corrected chi connectivity index (χ2v) is 8.93. The van der Waals surface area contributed by atoms with Crippen LogP contribution in [0.4, 0.5) is 13.2 Å². The zero-order valence-corrected chi connectivity index (χ0v) is 17.0. The average Bonchev–Trinajstić information content (AvgIpc) is 3.30. The van der Waals surface area contributed by atoms with Crippen LogP contribution in [0.1, 0.15) is 12.5 Å². The molecule has 4 aromatic heterocycles. The molecule has 0 radical (unpaired) electrons. The summed E-state index contributed by atoms with van der Waals surface area (Å²) in [5.74, 6) is -0.574. The van der Waals surface area contributed by atoms with E-state index in [2.05, 4.69) is 15.2 Å². The number of hydrogen-bond acceptors (Lipinski definition) is 6. The first kappa shape index (κ1) is 20.8. The van der Waals surface area contributed by atoms with Crippen molar-refractivity contribution in [3.8, 4) is 16.9 Å². The van der Waals surface area contributed by atoms with Crippen molar-refractivity contribution in [3.63, 3.8) is 0 Å². The molecule has 0 aliphatic rings. The molecule has 0 amide bonds. The van der Waals surface area contributed by atoms with Crippen LogP contribution in [0.3, 0.4) is 0 Å². The van der Waals surface area contributed by atoms with Crippen LogP contribution in [0.15, 0.2) is 52.7 Å². The van der Waals surface area contributed by atoms with Crippen molar-refractivity contribution in [3.05, 3.63) is 59.0 Å². The highest BCUT2D eigenvalue weighted by Crippen LogP contribution is 2.30. The molecule has 31 heavy (non-hydrogen) atoms.